The van der Waals surface area contributed by atoms with Gasteiger partial charge in [0.2, 0.25) is 0 Å². The fourth-order valence-electron chi connectivity index (χ4n) is 1.93. The third-order valence-electron chi connectivity index (χ3n) is 2.96. The van der Waals surface area contributed by atoms with E-state index in [4.69, 9.17) is 5.73 Å². The van der Waals surface area contributed by atoms with Crippen LogP contribution in [0.25, 0.3) is 0 Å². The Balaban J connectivity index is 1.72. The monoisotopic (exact) mass is 248 g/mol. The van der Waals surface area contributed by atoms with Gasteiger partial charge in [-0.25, -0.2) is 4.98 Å². The molecule has 0 bridgehead atoms. The van der Waals surface area contributed by atoms with Crippen LogP contribution in [0.1, 0.15) is 18.5 Å². The molecule has 2 heterocycles. The standard InChI is InChI=1S/C12H20N6/c1-10-11(13)12(17(2)16-10)15-5-3-4-7-18-8-6-14-9-18/h6,8-9,15H,3-5,7,13H2,1-2H3. The SMILES string of the molecule is Cc1nn(C)c(NCCCCn2ccnc2)c1N. The molecule has 0 aliphatic carbocycles. The summed E-state index contributed by atoms with van der Waals surface area (Å²) >= 11 is 0. The zero-order chi connectivity index (χ0) is 13.0. The average Bonchev–Trinajstić information content (AvgIpc) is 2.92. The lowest BCUT2D eigenvalue weighted by Gasteiger charge is -2.07. The molecule has 0 spiro atoms. The van der Waals surface area contributed by atoms with Crippen molar-refractivity contribution in [3.8, 4) is 0 Å². The summed E-state index contributed by atoms with van der Waals surface area (Å²) in [5, 5.41) is 7.60. The number of rotatable bonds is 6. The molecule has 2 rings (SSSR count). The molecule has 0 aromatic carbocycles. The highest BCUT2D eigenvalue weighted by molar-refractivity contribution is 5.64. The van der Waals surface area contributed by atoms with Gasteiger partial charge in [-0.1, -0.05) is 0 Å². The molecule has 0 unspecified atom stereocenters. The van der Waals surface area contributed by atoms with Gasteiger partial charge in [-0.3, -0.25) is 4.68 Å². The van der Waals surface area contributed by atoms with Crippen molar-refractivity contribution in [1.82, 2.24) is 19.3 Å². The predicted octanol–water partition coefficient (Wildman–Crippen LogP) is 1.40. The normalized spacial score (nSPS) is 10.8. The average molecular weight is 248 g/mol. The number of nitrogens with zero attached hydrogens (tertiary/aromatic N) is 4. The van der Waals surface area contributed by atoms with Crippen molar-refractivity contribution in [2.75, 3.05) is 17.6 Å². The summed E-state index contributed by atoms with van der Waals surface area (Å²) in [5.74, 6) is 0.912. The lowest BCUT2D eigenvalue weighted by Crippen LogP contribution is -2.08. The molecule has 2 aromatic heterocycles. The third kappa shape index (κ3) is 2.82. The largest absolute Gasteiger partial charge is 0.394 e. The Labute approximate surface area is 107 Å². The van der Waals surface area contributed by atoms with Crippen LogP contribution in [0.15, 0.2) is 18.7 Å². The molecule has 0 radical (unpaired) electrons. The van der Waals surface area contributed by atoms with Crippen LogP contribution in [0.2, 0.25) is 0 Å². The van der Waals surface area contributed by atoms with Crippen LogP contribution >= 0.6 is 0 Å². The van der Waals surface area contributed by atoms with E-state index in [0.29, 0.717) is 0 Å². The fourth-order valence-corrected chi connectivity index (χ4v) is 1.93. The molecular weight excluding hydrogens is 228 g/mol. The second-order valence-electron chi connectivity index (χ2n) is 4.41. The summed E-state index contributed by atoms with van der Waals surface area (Å²) in [6.07, 6.45) is 7.82. The van der Waals surface area contributed by atoms with Crippen molar-refractivity contribution in [3.63, 3.8) is 0 Å². The highest BCUT2D eigenvalue weighted by Crippen LogP contribution is 2.20. The predicted molar refractivity (Wildman–Crippen MR) is 72.3 cm³/mol. The zero-order valence-corrected chi connectivity index (χ0v) is 10.9. The van der Waals surface area contributed by atoms with Crippen LogP contribution < -0.4 is 11.1 Å². The number of aryl methyl sites for hydroxylation is 3. The number of aromatic nitrogens is 4. The second kappa shape index (κ2) is 5.57. The van der Waals surface area contributed by atoms with Crippen LogP contribution in [0.4, 0.5) is 11.5 Å². The van der Waals surface area contributed by atoms with E-state index in [1.807, 2.05) is 26.5 Å². The fraction of sp³-hybridized carbons (Fsp3) is 0.500. The number of nitrogens with one attached hydrogen (secondary N) is 1. The maximum Gasteiger partial charge on any atom is 0.147 e. The molecule has 0 aliphatic rings. The van der Waals surface area contributed by atoms with Gasteiger partial charge in [0.1, 0.15) is 5.82 Å². The summed E-state index contributed by atoms with van der Waals surface area (Å²) in [7, 11) is 1.90. The van der Waals surface area contributed by atoms with E-state index >= 15 is 0 Å². The van der Waals surface area contributed by atoms with Crippen LogP contribution in [-0.2, 0) is 13.6 Å². The Morgan fingerprint density at radius 3 is 2.83 bits per heavy atom. The lowest BCUT2D eigenvalue weighted by atomic mass is 10.3. The van der Waals surface area contributed by atoms with Gasteiger partial charge in [0.25, 0.3) is 0 Å². The molecule has 2 aromatic rings. The first kappa shape index (κ1) is 12.5. The molecule has 6 heteroatoms. The zero-order valence-electron chi connectivity index (χ0n) is 10.9. The minimum atomic E-state index is 0.743. The Bertz CT molecular complexity index is 485. The van der Waals surface area contributed by atoms with Gasteiger partial charge in [-0.2, -0.15) is 5.10 Å². The van der Waals surface area contributed by atoms with Gasteiger partial charge >= 0.3 is 0 Å². The van der Waals surface area contributed by atoms with Crippen LogP contribution in [0, 0.1) is 6.92 Å². The maximum absolute atomic E-state index is 5.94. The lowest BCUT2D eigenvalue weighted by molar-refractivity contribution is 0.619. The molecule has 0 saturated carbocycles. The number of hydrogen-bond acceptors (Lipinski definition) is 4. The molecule has 0 amide bonds. The summed E-state index contributed by atoms with van der Waals surface area (Å²) in [6.45, 7) is 3.82. The van der Waals surface area contributed by atoms with E-state index in [9.17, 15) is 0 Å². The third-order valence-corrected chi connectivity index (χ3v) is 2.96. The van der Waals surface area contributed by atoms with E-state index in [-0.39, 0.29) is 0 Å². The van der Waals surface area contributed by atoms with E-state index in [1.165, 1.54) is 0 Å². The second-order valence-corrected chi connectivity index (χ2v) is 4.41. The van der Waals surface area contributed by atoms with Crippen molar-refractivity contribution < 1.29 is 0 Å². The minimum Gasteiger partial charge on any atom is -0.394 e. The van der Waals surface area contributed by atoms with Gasteiger partial charge in [0, 0.05) is 32.5 Å². The van der Waals surface area contributed by atoms with Gasteiger partial charge < -0.3 is 15.6 Å². The van der Waals surface area contributed by atoms with Crippen molar-refractivity contribution in [3.05, 3.63) is 24.4 Å². The molecule has 0 saturated heterocycles. The molecule has 0 fully saturated rings. The minimum absolute atomic E-state index is 0.743. The summed E-state index contributed by atoms with van der Waals surface area (Å²) in [4.78, 5) is 4.01. The first-order chi connectivity index (χ1) is 8.68. The van der Waals surface area contributed by atoms with Crippen molar-refractivity contribution in [1.29, 1.82) is 0 Å². The molecule has 6 nitrogen and oxygen atoms in total. The maximum atomic E-state index is 5.94. The quantitative estimate of drug-likeness (QED) is 0.758. The van der Waals surface area contributed by atoms with Crippen molar-refractivity contribution >= 4 is 11.5 Å². The molecule has 98 valence electrons. The van der Waals surface area contributed by atoms with Crippen LogP contribution in [-0.4, -0.2) is 25.9 Å². The molecular formula is C12H20N6. The number of nitrogens with two attached hydrogens (primary N) is 1. The number of imidazole rings is 1. The van der Waals surface area contributed by atoms with E-state index in [1.54, 1.807) is 10.9 Å². The molecule has 0 aliphatic heterocycles. The Hall–Kier alpha value is -1.98. The number of unbranched alkanes of at least 4 members (excludes halogenated alkanes) is 1. The number of nitrogen functional groups attached to an aromatic ring is 1. The van der Waals surface area contributed by atoms with Gasteiger partial charge in [0.15, 0.2) is 0 Å². The molecule has 18 heavy (non-hydrogen) atoms. The molecule has 0 atom stereocenters. The topological polar surface area (TPSA) is 73.7 Å². The smallest absolute Gasteiger partial charge is 0.147 e. The van der Waals surface area contributed by atoms with Gasteiger partial charge in [-0.05, 0) is 19.8 Å². The molecule has 3 N–H and O–H groups in total. The Morgan fingerprint density at radius 1 is 1.39 bits per heavy atom. The Morgan fingerprint density at radius 2 is 2.22 bits per heavy atom. The summed E-state index contributed by atoms with van der Waals surface area (Å²) in [6, 6.07) is 0. The van der Waals surface area contributed by atoms with Crippen molar-refractivity contribution in [2.24, 2.45) is 7.05 Å². The highest BCUT2D eigenvalue weighted by Gasteiger charge is 2.08. The summed E-state index contributed by atoms with van der Waals surface area (Å²) < 4.78 is 3.88. The van der Waals surface area contributed by atoms with Gasteiger partial charge in [-0.15, -0.1) is 0 Å². The first-order valence-corrected chi connectivity index (χ1v) is 6.17. The van der Waals surface area contributed by atoms with E-state index in [2.05, 4.69) is 20.0 Å². The van der Waals surface area contributed by atoms with Crippen molar-refractivity contribution in [2.45, 2.75) is 26.3 Å². The van der Waals surface area contributed by atoms with E-state index in [0.717, 1.165) is 43.1 Å². The highest BCUT2D eigenvalue weighted by atomic mass is 15.3. The summed E-state index contributed by atoms with van der Waals surface area (Å²) in [5.41, 5.74) is 7.55. The van der Waals surface area contributed by atoms with Crippen LogP contribution in [0.5, 0.6) is 0 Å². The van der Waals surface area contributed by atoms with Gasteiger partial charge in [0.05, 0.1) is 17.7 Å². The van der Waals surface area contributed by atoms with E-state index < -0.39 is 0 Å². The van der Waals surface area contributed by atoms with Crippen LogP contribution in [0.3, 0.4) is 0 Å². The first-order valence-electron chi connectivity index (χ1n) is 6.17. The number of hydrogen-bond donors (Lipinski definition) is 2. The number of anilines is 2. The Kier molecular flexibility index (Phi) is 3.86.